The number of hydrogen-bond acceptors (Lipinski definition) is 7. The van der Waals surface area contributed by atoms with Gasteiger partial charge in [0, 0.05) is 17.3 Å². The van der Waals surface area contributed by atoms with Gasteiger partial charge in [-0.15, -0.1) is 22.7 Å². The molecule has 0 aliphatic carbocycles. The number of hydrogen-bond donors (Lipinski definition) is 2. The number of nitrogens with one attached hydrogen (secondary N) is 1. The van der Waals surface area contributed by atoms with Crippen molar-refractivity contribution in [3.8, 4) is 11.5 Å². The predicted molar refractivity (Wildman–Crippen MR) is 82.5 cm³/mol. The number of fused-ring (bicyclic) bond motifs is 1. The molecule has 1 aliphatic heterocycles. The fraction of sp³-hybridized carbons (Fsp3) is 0.385. The third-order valence-corrected chi connectivity index (χ3v) is 4.63. The summed E-state index contributed by atoms with van der Waals surface area (Å²) >= 11 is 2.77. The van der Waals surface area contributed by atoms with Crippen LogP contribution >= 0.6 is 22.7 Å². The van der Waals surface area contributed by atoms with Gasteiger partial charge in [-0.25, -0.2) is 4.98 Å². The maximum absolute atomic E-state index is 12.1. The van der Waals surface area contributed by atoms with Crippen LogP contribution in [-0.4, -0.2) is 30.6 Å². The lowest BCUT2D eigenvalue weighted by Crippen LogP contribution is -2.25. The highest BCUT2D eigenvalue weighted by atomic mass is 32.1. The molecule has 3 rings (SSSR count). The van der Waals surface area contributed by atoms with E-state index in [0.717, 1.165) is 18.5 Å². The summed E-state index contributed by atoms with van der Waals surface area (Å²) in [5, 5.41) is 7.22. The van der Waals surface area contributed by atoms with Crippen molar-refractivity contribution in [2.75, 3.05) is 25.5 Å². The molecular formula is C13H15N3O3S2. The number of nitrogens with zero attached hydrogens (tertiary/aromatic N) is 1. The molecule has 0 saturated carbocycles. The monoisotopic (exact) mass is 325 g/mol. The Morgan fingerprint density at radius 1 is 1.33 bits per heavy atom. The summed E-state index contributed by atoms with van der Waals surface area (Å²) in [5.74, 6) is 1.11. The first-order valence-electron chi connectivity index (χ1n) is 6.59. The maximum atomic E-state index is 12.1. The molecule has 0 unspecified atom stereocenters. The van der Waals surface area contributed by atoms with E-state index in [1.165, 1.54) is 22.7 Å². The zero-order valence-corrected chi connectivity index (χ0v) is 12.9. The lowest BCUT2D eigenvalue weighted by Gasteiger charge is -2.15. The van der Waals surface area contributed by atoms with Gasteiger partial charge in [0.1, 0.15) is 18.1 Å². The molecule has 0 atom stereocenters. The van der Waals surface area contributed by atoms with Crippen LogP contribution in [0.4, 0.5) is 5.13 Å². The normalized spacial score (nSPS) is 13.1. The molecule has 8 heteroatoms. The van der Waals surface area contributed by atoms with Crippen molar-refractivity contribution in [2.45, 2.75) is 12.8 Å². The molecule has 0 fully saturated rings. The fourth-order valence-electron chi connectivity index (χ4n) is 2.01. The van der Waals surface area contributed by atoms with Crippen LogP contribution in [0.3, 0.4) is 0 Å². The minimum atomic E-state index is -0.121. The Kier molecular flexibility index (Phi) is 4.26. The molecule has 3 N–H and O–H groups in total. The number of thiazole rings is 1. The van der Waals surface area contributed by atoms with Gasteiger partial charge in [0.2, 0.25) is 0 Å². The molecular weight excluding hydrogens is 310 g/mol. The quantitative estimate of drug-likeness (QED) is 0.820. The Balaban J connectivity index is 1.49. The molecule has 2 aromatic rings. The Morgan fingerprint density at radius 3 is 3.00 bits per heavy atom. The molecule has 1 aliphatic rings. The van der Waals surface area contributed by atoms with Crippen molar-refractivity contribution in [3.63, 3.8) is 0 Å². The van der Waals surface area contributed by atoms with Crippen LogP contribution < -0.4 is 20.5 Å². The molecule has 1 amide bonds. The number of carbonyl (C=O) groups is 1. The highest BCUT2D eigenvalue weighted by molar-refractivity contribution is 7.13. The van der Waals surface area contributed by atoms with E-state index < -0.39 is 0 Å². The largest absolute Gasteiger partial charge is 0.485 e. The second kappa shape index (κ2) is 6.31. The van der Waals surface area contributed by atoms with Crippen molar-refractivity contribution >= 4 is 33.7 Å². The second-order valence-electron chi connectivity index (χ2n) is 4.49. The van der Waals surface area contributed by atoms with Crippen LogP contribution in [0, 0.1) is 0 Å². The Morgan fingerprint density at radius 2 is 2.19 bits per heavy atom. The molecule has 3 heterocycles. The van der Waals surface area contributed by atoms with Gasteiger partial charge in [-0.2, -0.15) is 0 Å². The number of carbonyl (C=O) groups excluding carboxylic acids is 1. The van der Waals surface area contributed by atoms with E-state index in [0.29, 0.717) is 41.3 Å². The van der Waals surface area contributed by atoms with Crippen LogP contribution in [0.1, 0.15) is 21.8 Å². The standard InChI is InChI=1S/C13H15N3O3S2/c14-13-16-8(6-21-13)2-1-3-15-12(17)11-10-9(7-20-11)18-4-5-19-10/h6-7H,1-5H2,(H2,14,16)(H,15,17). The Hall–Kier alpha value is -1.80. The minimum Gasteiger partial charge on any atom is -0.485 e. The highest BCUT2D eigenvalue weighted by Gasteiger charge is 2.23. The van der Waals surface area contributed by atoms with E-state index in [-0.39, 0.29) is 5.91 Å². The summed E-state index contributed by atoms with van der Waals surface area (Å²) in [6.45, 7) is 1.60. The van der Waals surface area contributed by atoms with Crippen molar-refractivity contribution in [3.05, 3.63) is 21.3 Å². The van der Waals surface area contributed by atoms with Crippen molar-refractivity contribution < 1.29 is 14.3 Å². The van der Waals surface area contributed by atoms with Crippen LogP contribution in [0.25, 0.3) is 0 Å². The van der Waals surface area contributed by atoms with E-state index in [9.17, 15) is 4.79 Å². The summed E-state index contributed by atoms with van der Waals surface area (Å²) in [6.07, 6.45) is 1.62. The van der Waals surface area contributed by atoms with Crippen molar-refractivity contribution in [1.29, 1.82) is 0 Å². The minimum absolute atomic E-state index is 0.121. The zero-order valence-electron chi connectivity index (χ0n) is 11.3. The average molecular weight is 325 g/mol. The van der Waals surface area contributed by atoms with Crippen LogP contribution in [-0.2, 0) is 6.42 Å². The van der Waals surface area contributed by atoms with Crippen LogP contribution in [0.15, 0.2) is 10.8 Å². The van der Waals surface area contributed by atoms with E-state index in [2.05, 4.69) is 10.3 Å². The molecule has 2 aromatic heterocycles. The summed E-state index contributed by atoms with van der Waals surface area (Å²) < 4.78 is 10.9. The first kappa shape index (κ1) is 14.2. The zero-order chi connectivity index (χ0) is 14.7. The van der Waals surface area contributed by atoms with Gasteiger partial charge >= 0.3 is 0 Å². The number of amides is 1. The second-order valence-corrected chi connectivity index (χ2v) is 6.26. The van der Waals surface area contributed by atoms with Gasteiger partial charge in [-0.3, -0.25) is 4.79 Å². The van der Waals surface area contributed by atoms with Crippen molar-refractivity contribution in [2.24, 2.45) is 0 Å². The van der Waals surface area contributed by atoms with Gasteiger partial charge in [-0.1, -0.05) is 0 Å². The average Bonchev–Trinajstić information content (AvgIpc) is 3.09. The van der Waals surface area contributed by atoms with Crippen LogP contribution in [0.2, 0.25) is 0 Å². The first-order chi connectivity index (χ1) is 10.2. The van der Waals surface area contributed by atoms with E-state index in [4.69, 9.17) is 15.2 Å². The molecule has 0 radical (unpaired) electrons. The molecule has 0 aromatic carbocycles. The lowest BCUT2D eigenvalue weighted by molar-refractivity contribution is 0.0948. The number of anilines is 1. The summed E-state index contributed by atoms with van der Waals surface area (Å²) in [7, 11) is 0. The number of rotatable bonds is 5. The van der Waals surface area contributed by atoms with Gasteiger partial charge in [0.25, 0.3) is 5.91 Å². The van der Waals surface area contributed by atoms with Crippen molar-refractivity contribution in [1.82, 2.24) is 10.3 Å². The van der Waals surface area contributed by atoms with E-state index in [1.54, 1.807) is 0 Å². The SMILES string of the molecule is Nc1nc(CCCNC(=O)c2scc3c2OCCO3)cs1. The highest BCUT2D eigenvalue weighted by Crippen LogP contribution is 2.39. The lowest BCUT2D eigenvalue weighted by atomic mass is 10.2. The fourth-order valence-corrected chi connectivity index (χ4v) is 3.45. The summed E-state index contributed by atoms with van der Waals surface area (Å²) in [6, 6.07) is 0. The topological polar surface area (TPSA) is 86.5 Å². The summed E-state index contributed by atoms with van der Waals surface area (Å²) in [5.41, 5.74) is 6.54. The number of aromatic nitrogens is 1. The van der Waals surface area contributed by atoms with E-state index in [1.807, 2.05) is 10.8 Å². The first-order valence-corrected chi connectivity index (χ1v) is 8.35. The maximum Gasteiger partial charge on any atom is 0.265 e. The number of ether oxygens (including phenoxy) is 2. The van der Waals surface area contributed by atoms with Gasteiger partial charge < -0.3 is 20.5 Å². The summed E-state index contributed by atoms with van der Waals surface area (Å²) in [4.78, 5) is 16.9. The molecule has 112 valence electrons. The van der Waals surface area contributed by atoms with E-state index >= 15 is 0 Å². The molecule has 0 bridgehead atoms. The predicted octanol–water partition coefficient (Wildman–Crippen LogP) is 1.92. The van der Waals surface area contributed by atoms with Gasteiger partial charge in [-0.05, 0) is 12.8 Å². The third kappa shape index (κ3) is 3.27. The molecule has 0 spiro atoms. The number of nitrogen functional groups attached to an aromatic ring is 1. The van der Waals surface area contributed by atoms with Gasteiger partial charge in [0.15, 0.2) is 16.6 Å². The van der Waals surface area contributed by atoms with Crippen LogP contribution in [0.5, 0.6) is 11.5 Å². The third-order valence-electron chi connectivity index (χ3n) is 2.97. The smallest absolute Gasteiger partial charge is 0.265 e. The number of thiophene rings is 1. The number of nitrogens with two attached hydrogens (primary N) is 1. The Labute approximate surface area is 129 Å². The number of aryl methyl sites for hydroxylation is 1. The Bertz CT molecular complexity index is 638. The molecule has 0 saturated heterocycles. The molecule has 21 heavy (non-hydrogen) atoms. The molecule has 6 nitrogen and oxygen atoms in total. The van der Waals surface area contributed by atoms with Gasteiger partial charge in [0.05, 0.1) is 5.69 Å².